The molecule has 1 aromatic rings. The molecule has 0 bridgehead atoms. The zero-order valence-electron chi connectivity index (χ0n) is 18.9. The standard InChI is InChI=1S/C24H38N4O3/c1-30-22-8-9-23-19(17-22)16-20(18-31-23)26-24(29)25-10-5-11-27-12-14-28(15-13-27)21-6-3-2-4-7-21/h8-9,17,20-21H,2-7,10-16,18H2,1H3,(H2,25,26,29)/t20-/m1/s1. The van der Waals surface area contributed by atoms with E-state index in [1.54, 1.807) is 7.11 Å². The number of piperazine rings is 1. The van der Waals surface area contributed by atoms with Crippen molar-refractivity contribution in [1.29, 1.82) is 0 Å². The van der Waals surface area contributed by atoms with Gasteiger partial charge in [-0.25, -0.2) is 4.79 Å². The number of urea groups is 1. The van der Waals surface area contributed by atoms with Crippen LogP contribution in [0.15, 0.2) is 18.2 Å². The normalized spacial score (nSPS) is 22.9. The molecule has 0 aromatic heterocycles. The molecule has 31 heavy (non-hydrogen) atoms. The summed E-state index contributed by atoms with van der Waals surface area (Å²) in [7, 11) is 1.66. The van der Waals surface area contributed by atoms with Gasteiger partial charge in [0.05, 0.1) is 13.2 Å². The molecule has 1 saturated heterocycles. The SMILES string of the molecule is COc1ccc2c(c1)C[C@@H](NC(=O)NCCCN1CCN(C3CCCCC3)CC1)CO2. The van der Waals surface area contributed by atoms with E-state index in [-0.39, 0.29) is 12.1 Å². The number of nitrogens with one attached hydrogen (secondary N) is 2. The third-order valence-corrected chi connectivity index (χ3v) is 6.94. The van der Waals surface area contributed by atoms with Crippen molar-refractivity contribution in [3.8, 4) is 11.5 Å². The Morgan fingerprint density at radius 1 is 1.16 bits per heavy atom. The Bertz CT molecular complexity index is 715. The Hall–Kier alpha value is -1.99. The summed E-state index contributed by atoms with van der Waals surface area (Å²) in [6.07, 6.45) is 8.77. The first-order valence-corrected chi connectivity index (χ1v) is 12.0. The molecule has 2 amide bonds. The van der Waals surface area contributed by atoms with Crippen molar-refractivity contribution >= 4 is 6.03 Å². The summed E-state index contributed by atoms with van der Waals surface area (Å²) >= 11 is 0. The Balaban J connectivity index is 1.09. The number of rotatable bonds is 7. The molecule has 3 aliphatic rings. The lowest BCUT2D eigenvalue weighted by Gasteiger charge is -2.40. The third-order valence-electron chi connectivity index (χ3n) is 6.94. The number of benzene rings is 1. The molecule has 172 valence electrons. The molecule has 0 radical (unpaired) electrons. The fourth-order valence-electron chi connectivity index (χ4n) is 5.13. The second-order valence-corrected chi connectivity index (χ2v) is 9.11. The first-order valence-electron chi connectivity index (χ1n) is 12.0. The van der Waals surface area contributed by atoms with Crippen LogP contribution in [0, 0.1) is 0 Å². The smallest absolute Gasteiger partial charge is 0.315 e. The molecule has 1 atom stereocenters. The van der Waals surface area contributed by atoms with Crippen LogP contribution in [0.3, 0.4) is 0 Å². The van der Waals surface area contributed by atoms with E-state index in [2.05, 4.69) is 20.4 Å². The predicted octanol–water partition coefficient (Wildman–Crippen LogP) is 2.64. The van der Waals surface area contributed by atoms with Crippen LogP contribution in [-0.4, -0.2) is 80.9 Å². The average molecular weight is 431 g/mol. The van der Waals surface area contributed by atoms with Gasteiger partial charge >= 0.3 is 6.03 Å². The Morgan fingerprint density at radius 3 is 2.74 bits per heavy atom. The summed E-state index contributed by atoms with van der Waals surface area (Å²) in [5.74, 6) is 1.69. The summed E-state index contributed by atoms with van der Waals surface area (Å²) in [4.78, 5) is 17.5. The second kappa shape index (κ2) is 11.0. The van der Waals surface area contributed by atoms with Crippen LogP contribution in [0.25, 0.3) is 0 Å². The zero-order chi connectivity index (χ0) is 21.5. The lowest BCUT2D eigenvalue weighted by molar-refractivity contribution is 0.0785. The molecule has 1 aliphatic carbocycles. The van der Waals surface area contributed by atoms with E-state index in [0.29, 0.717) is 13.2 Å². The molecule has 2 fully saturated rings. The fraction of sp³-hybridized carbons (Fsp3) is 0.708. The number of carbonyl (C=O) groups is 1. The van der Waals surface area contributed by atoms with Crippen LogP contribution in [0.5, 0.6) is 11.5 Å². The largest absolute Gasteiger partial charge is 0.497 e. The summed E-state index contributed by atoms with van der Waals surface area (Å²) in [5, 5.41) is 6.05. The monoisotopic (exact) mass is 430 g/mol. The maximum Gasteiger partial charge on any atom is 0.315 e. The molecular weight excluding hydrogens is 392 g/mol. The Morgan fingerprint density at radius 2 is 1.97 bits per heavy atom. The molecule has 2 aliphatic heterocycles. The number of carbonyl (C=O) groups excluding carboxylic acids is 1. The van der Waals surface area contributed by atoms with Crippen molar-refractivity contribution in [2.45, 2.75) is 57.0 Å². The van der Waals surface area contributed by atoms with Crippen LogP contribution >= 0.6 is 0 Å². The van der Waals surface area contributed by atoms with Crippen LogP contribution in [0.1, 0.15) is 44.1 Å². The number of hydrogen-bond donors (Lipinski definition) is 2. The minimum absolute atomic E-state index is 0.0209. The summed E-state index contributed by atoms with van der Waals surface area (Å²) < 4.78 is 11.1. The maximum absolute atomic E-state index is 12.3. The topological polar surface area (TPSA) is 66.1 Å². The van der Waals surface area contributed by atoms with Gasteiger partial charge in [0.1, 0.15) is 18.1 Å². The minimum Gasteiger partial charge on any atom is -0.497 e. The van der Waals surface area contributed by atoms with Crippen LogP contribution in [0.4, 0.5) is 4.79 Å². The van der Waals surface area contributed by atoms with Crippen molar-refractivity contribution < 1.29 is 14.3 Å². The van der Waals surface area contributed by atoms with E-state index in [4.69, 9.17) is 9.47 Å². The van der Waals surface area contributed by atoms with Crippen molar-refractivity contribution in [2.24, 2.45) is 0 Å². The highest BCUT2D eigenvalue weighted by Gasteiger charge is 2.25. The highest BCUT2D eigenvalue weighted by molar-refractivity contribution is 5.74. The van der Waals surface area contributed by atoms with Gasteiger partial charge in [-0.15, -0.1) is 0 Å². The predicted molar refractivity (Wildman–Crippen MR) is 122 cm³/mol. The minimum atomic E-state index is -0.109. The van der Waals surface area contributed by atoms with E-state index >= 15 is 0 Å². The number of fused-ring (bicyclic) bond motifs is 1. The zero-order valence-corrected chi connectivity index (χ0v) is 18.9. The number of ether oxygens (including phenoxy) is 2. The van der Waals surface area contributed by atoms with Gasteiger partial charge in [-0.1, -0.05) is 19.3 Å². The van der Waals surface area contributed by atoms with Crippen molar-refractivity contribution in [3.05, 3.63) is 23.8 Å². The summed E-state index contributed by atoms with van der Waals surface area (Å²) in [6, 6.07) is 6.51. The third kappa shape index (κ3) is 6.26. The van der Waals surface area contributed by atoms with Crippen molar-refractivity contribution in [2.75, 3.05) is 53.0 Å². The van der Waals surface area contributed by atoms with Gasteiger partial charge in [-0.2, -0.15) is 0 Å². The average Bonchev–Trinajstić information content (AvgIpc) is 2.82. The fourth-order valence-corrected chi connectivity index (χ4v) is 5.13. The van der Waals surface area contributed by atoms with Gasteiger partial charge in [0.25, 0.3) is 0 Å². The number of methoxy groups -OCH3 is 1. The molecule has 7 nitrogen and oxygen atoms in total. The van der Waals surface area contributed by atoms with E-state index in [0.717, 1.165) is 55.6 Å². The first-order chi connectivity index (χ1) is 15.2. The second-order valence-electron chi connectivity index (χ2n) is 9.11. The van der Waals surface area contributed by atoms with Gasteiger partial charge < -0.3 is 25.0 Å². The molecule has 0 unspecified atom stereocenters. The molecule has 0 spiro atoms. The van der Waals surface area contributed by atoms with E-state index < -0.39 is 0 Å². The molecule has 1 saturated carbocycles. The van der Waals surface area contributed by atoms with E-state index in [1.165, 1.54) is 45.2 Å². The van der Waals surface area contributed by atoms with Crippen LogP contribution in [-0.2, 0) is 6.42 Å². The molecular formula is C24H38N4O3. The highest BCUT2D eigenvalue weighted by Crippen LogP contribution is 2.28. The van der Waals surface area contributed by atoms with Crippen molar-refractivity contribution in [3.63, 3.8) is 0 Å². The van der Waals surface area contributed by atoms with E-state index in [9.17, 15) is 4.79 Å². The Labute approximate surface area is 186 Å². The first kappa shape index (κ1) is 22.2. The summed E-state index contributed by atoms with van der Waals surface area (Å²) in [5.41, 5.74) is 1.07. The van der Waals surface area contributed by atoms with Crippen molar-refractivity contribution in [1.82, 2.24) is 20.4 Å². The number of nitrogens with zero attached hydrogens (tertiary/aromatic N) is 2. The number of amides is 2. The summed E-state index contributed by atoms with van der Waals surface area (Å²) in [6.45, 7) is 6.97. The van der Waals surface area contributed by atoms with Gasteiger partial charge in [0, 0.05) is 38.8 Å². The highest BCUT2D eigenvalue weighted by atomic mass is 16.5. The van der Waals surface area contributed by atoms with Crippen LogP contribution in [0.2, 0.25) is 0 Å². The molecule has 4 rings (SSSR count). The Kier molecular flexibility index (Phi) is 7.92. The van der Waals surface area contributed by atoms with Gasteiger partial charge in [-0.05, 0) is 56.0 Å². The maximum atomic E-state index is 12.3. The van der Waals surface area contributed by atoms with Crippen LogP contribution < -0.4 is 20.1 Å². The van der Waals surface area contributed by atoms with Gasteiger partial charge in [-0.3, -0.25) is 4.90 Å². The molecule has 7 heteroatoms. The van der Waals surface area contributed by atoms with Gasteiger partial charge in [0.2, 0.25) is 0 Å². The number of hydrogen-bond acceptors (Lipinski definition) is 5. The van der Waals surface area contributed by atoms with E-state index in [1.807, 2.05) is 18.2 Å². The van der Waals surface area contributed by atoms with Gasteiger partial charge in [0.15, 0.2) is 0 Å². The molecule has 2 heterocycles. The lowest BCUT2D eigenvalue weighted by Crippen LogP contribution is -2.51. The quantitative estimate of drug-likeness (QED) is 0.651. The lowest BCUT2D eigenvalue weighted by atomic mass is 9.94. The molecule has 2 N–H and O–H groups in total. The molecule has 1 aromatic carbocycles.